The molecule has 5 rings (SSSR count). The van der Waals surface area contributed by atoms with E-state index < -0.39 is 37.7 Å². The Hall–Kier alpha value is -3.33. The minimum Gasteiger partial charge on any atom is -0.365 e. The van der Waals surface area contributed by atoms with Gasteiger partial charge in [0.05, 0.1) is 29.3 Å². The second kappa shape index (κ2) is 11.3. The maximum Gasteiger partial charge on any atom is 0.293 e. The Labute approximate surface area is 232 Å². The van der Waals surface area contributed by atoms with Crippen LogP contribution < -0.4 is 10.8 Å². The smallest absolute Gasteiger partial charge is 0.293 e. The summed E-state index contributed by atoms with van der Waals surface area (Å²) in [5.41, 5.74) is 0.896. The van der Waals surface area contributed by atoms with Crippen molar-refractivity contribution >= 4 is 41.9 Å². The second-order valence-corrected chi connectivity index (χ2v) is 12.8. The van der Waals surface area contributed by atoms with Crippen molar-refractivity contribution < 1.29 is 22.8 Å². The number of pyridine rings is 1. The fourth-order valence-corrected chi connectivity index (χ4v) is 7.24. The number of alkyl halides is 2. The average Bonchev–Trinajstić information content (AvgIpc) is 3.76. The number of hydrogen-bond acceptors (Lipinski definition) is 6. The van der Waals surface area contributed by atoms with Crippen LogP contribution in [-0.2, 0) is 22.1 Å². The second-order valence-electron chi connectivity index (χ2n) is 10.4. The van der Waals surface area contributed by atoms with Crippen LogP contribution >= 0.6 is 7.92 Å². The van der Waals surface area contributed by atoms with Crippen molar-refractivity contribution in [2.45, 2.75) is 52.1 Å². The predicted molar refractivity (Wildman–Crippen MR) is 149 cm³/mol. The number of fused-ring (bicyclic) bond motifs is 1. The molecule has 3 heterocycles. The summed E-state index contributed by atoms with van der Waals surface area (Å²) >= 11 is 0. The molecule has 212 valence electrons. The van der Waals surface area contributed by atoms with Gasteiger partial charge in [-0.1, -0.05) is 20.1 Å². The highest BCUT2D eigenvalue weighted by Crippen LogP contribution is 2.38. The van der Waals surface area contributed by atoms with Gasteiger partial charge in [0.25, 0.3) is 5.92 Å². The van der Waals surface area contributed by atoms with Gasteiger partial charge in [-0.15, -0.1) is 0 Å². The molecule has 1 aliphatic heterocycles. The zero-order chi connectivity index (χ0) is 28.6. The van der Waals surface area contributed by atoms with Crippen LogP contribution in [0, 0.1) is 12.7 Å². The van der Waals surface area contributed by atoms with Crippen molar-refractivity contribution in [3.05, 3.63) is 53.2 Å². The van der Waals surface area contributed by atoms with E-state index >= 15 is 13.2 Å². The van der Waals surface area contributed by atoms with Gasteiger partial charge >= 0.3 is 0 Å². The molecule has 0 radical (unpaired) electrons. The molecular formula is C28H32F3N6O2P. The number of aryl methyl sites for hydroxylation is 1. The molecule has 8 nitrogen and oxygen atoms in total. The highest BCUT2D eigenvalue weighted by Gasteiger charge is 2.42. The Morgan fingerprint density at radius 2 is 1.90 bits per heavy atom. The molecule has 12 heteroatoms. The third kappa shape index (κ3) is 6.04. The summed E-state index contributed by atoms with van der Waals surface area (Å²) in [4.78, 5) is 40.2. The quantitative estimate of drug-likeness (QED) is 0.408. The lowest BCUT2D eigenvalue weighted by atomic mass is 10.0. The molecule has 1 aromatic carbocycles. The average molecular weight is 573 g/mol. The van der Waals surface area contributed by atoms with Gasteiger partial charge in [0.15, 0.2) is 0 Å². The first kappa shape index (κ1) is 28.2. The molecule has 1 saturated heterocycles. The number of carbonyl (C=O) groups excluding carboxylic acids is 2. The molecule has 2 amide bonds. The summed E-state index contributed by atoms with van der Waals surface area (Å²) < 4.78 is 45.9. The van der Waals surface area contributed by atoms with Gasteiger partial charge in [0.2, 0.25) is 11.8 Å². The number of anilines is 1. The maximum atomic E-state index is 15.4. The SMILES string of the molecule is CC(=O)N1CCP(c2cc3c(NCc4cccc(C(F)(F)CN(C(C)=O)C5CC5)c4F)nc(C)nc3cn2)CC1. The molecule has 1 aliphatic carbocycles. The lowest BCUT2D eigenvalue weighted by Gasteiger charge is -2.31. The van der Waals surface area contributed by atoms with Crippen LogP contribution in [0.25, 0.3) is 10.9 Å². The van der Waals surface area contributed by atoms with Crippen LogP contribution in [0.2, 0.25) is 0 Å². The van der Waals surface area contributed by atoms with Crippen LogP contribution in [0.4, 0.5) is 19.0 Å². The van der Waals surface area contributed by atoms with E-state index in [1.165, 1.54) is 19.1 Å². The van der Waals surface area contributed by atoms with Crippen LogP contribution in [0.3, 0.4) is 0 Å². The van der Waals surface area contributed by atoms with E-state index in [-0.39, 0.29) is 24.1 Å². The molecule has 0 atom stereocenters. The minimum absolute atomic E-state index is 0.0673. The van der Waals surface area contributed by atoms with E-state index in [4.69, 9.17) is 0 Å². The van der Waals surface area contributed by atoms with Gasteiger partial charge in [-0.25, -0.2) is 14.4 Å². The molecule has 0 unspecified atom stereocenters. The van der Waals surface area contributed by atoms with E-state index in [0.29, 0.717) is 43.1 Å². The number of nitrogens with one attached hydrogen (secondary N) is 1. The van der Waals surface area contributed by atoms with Crippen molar-refractivity contribution in [1.29, 1.82) is 0 Å². The molecule has 1 saturated carbocycles. The third-order valence-corrected chi connectivity index (χ3v) is 9.78. The maximum absolute atomic E-state index is 15.4. The Balaban J connectivity index is 1.37. The van der Waals surface area contributed by atoms with Gasteiger partial charge in [-0.2, -0.15) is 8.78 Å². The Morgan fingerprint density at radius 1 is 1.18 bits per heavy atom. The zero-order valence-corrected chi connectivity index (χ0v) is 23.6. The Kier molecular flexibility index (Phi) is 7.95. The van der Waals surface area contributed by atoms with Crippen LogP contribution in [0.1, 0.15) is 43.6 Å². The number of aromatic nitrogens is 3. The summed E-state index contributed by atoms with van der Waals surface area (Å²) in [5, 5.41) is 3.85. The summed E-state index contributed by atoms with van der Waals surface area (Å²) in [6, 6.07) is 5.68. The van der Waals surface area contributed by atoms with Crippen molar-refractivity contribution in [2.24, 2.45) is 0 Å². The van der Waals surface area contributed by atoms with Crippen molar-refractivity contribution in [2.75, 3.05) is 37.3 Å². The van der Waals surface area contributed by atoms with Gasteiger partial charge < -0.3 is 15.1 Å². The number of hydrogen-bond donors (Lipinski definition) is 1. The molecule has 2 aliphatic rings. The number of rotatable bonds is 8. The van der Waals surface area contributed by atoms with E-state index in [1.54, 1.807) is 20.0 Å². The van der Waals surface area contributed by atoms with Crippen molar-refractivity contribution in [3.63, 3.8) is 0 Å². The first-order valence-electron chi connectivity index (χ1n) is 13.3. The van der Waals surface area contributed by atoms with Crippen LogP contribution in [0.5, 0.6) is 0 Å². The number of amides is 2. The van der Waals surface area contributed by atoms with E-state index in [0.717, 1.165) is 34.1 Å². The summed E-state index contributed by atoms with van der Waals surface area (Å²) in [7, 11) is -0.559. The molecule has 2 fully saturated rings. The van der Waals surface area contributed by atoms with Gasteiger partial charge in [0, 0.05) is 50.5 Å². The molecule has 40 heavy (non-hydrogen) atoms. The molecule has 1 N–H and O–H groups in total. The predicted octanol–water partition coefficient (Wildman–Crippen LogP) is 4.16. The first-order valence-corrected chi connectivity index (χ1v) is 15.1. The van der Waals surface area contributed by atoms with Gasteiger partial charge in [0.1, 0.15) is 17.5 Å². The fourth-order valence-electron chi connectivity index (χ4n) is 5.06. The van der Waals surface area contributed by atoms with Crippen LogP contribution in [0.15, 0.2) is 30.5 Å². The molecule has 2 aromatic heterocycles. The number of halogens is 3. The van der Waals surface area contributed by atoms with Crippen LogP contribution in [-0.4, -0.2) is 74.6 Å². The van der Waals surface area contributed by atoms with E-state index in [2.05, 4.69) is 20.3 Å². The monoisotopic (exact) mass is 572 g/mol. The number of carbonyl (C=O) groups is 2. The number of nitrogens with zero attached hydrogens (tertiary/aromatic N) is 5. The molecule has 3 aromatic rings. The minimum atomic E-state index is -3.53. The van der Waals surface area contributed by atoms with Crippen molar-refractivity contribution in [1.82, 2.24) is 24.8 Å². The summed E-state index contributed by atoms with van der Waals surface area (Å²) in [5.74, 6) is -3.94. The summed E-state index contributed by atoms with van der Waals surface area (Å²) in [6.45, 7) is 5.05. The van der Waals surface area contributed by atoms with Gasteiger partial charge in [-0.05, 0) is 44.2 Å². The molecular weight excluding hydrogens is 540 g/mol. The molecule has 0 spiro atoms. The third-order valence-electron chi connectivity index (χ3n) is 7.41. The largest absolute Gasteiger partial charge is 0.365 e. The lowest BCUT2D eigenvalue weighted by Crippen LogP contribution is -2.40. The normalized spacial score (nSPS) is 16.3. The highest BCUT2D eigenvalue weighted by atomic mass is 31.1. The standard InChI is InChI=1S/C28H32F3N6O2P/c1-17-34-24-15-32-25(40-11-9-36(10-12-40)18(2)38)13-22(24)27(35-17)33-14-20-5-4-6-23(26(20)29)28(30,31)16-37(19(3)39)21-7-8-21/h4-6,13,15,21H,7-12,14,16H2,1-3H3,(H,33,34,35). The zero-order valence-electron chi connectivity index (χ0n) is 22.8. The number of benzene rings is 1. The van der Waals surface area contributed by atoms with E-state index in [1.807, 2.05) is 11.0 Å². The lowest BCUT2D eigenvalue weighted by molar-refractivity contribution is -0.136. The Morgan fingerprint density at radius 3 is 2.55 bits per heavy atom. The Bertz CT molecular complexity index is 1440. The van der Waals surface area contributed by atoms with Crippen molar-refractivity contribution in [3.8, 4) is 0 Å². The highest BCUT2D eigenvalue weighted by molar-refractivity contribution is 7.65. The summed E-state index contributed by atoms with van der Waals surface area (Å²) in [6.07, 6.45) is 4.79. The fraction of sp³-hybridized carbons (Fsp3) is 0.464. The van der Waals surface area contributed by atoms with Gasteiger partial charge in [-0.3, -0.25) is 14.6 Å². The van der Waals surface area contributed by atoms with E-state index in [9.17, 15) is 9.59 Å². The topological polar surface area (TPSA) is 91.3 Å². The molecule has 0 bridgehead atoms. The first-order chi connectivity index (χ1) is 19.0.